The lowest BCUT2D eigenvalue weighted by atomic mass is 9.93. The Bertz CT molecular complexity index is 1170. The van der Waals surface area contributed by atoms with Crippen LogP contribution in [0.3, 0.4) is 0 Å². The third-order valence-electron chi connectivity index (χ3n) is 5.25. The molecule has 0 spiro atoms. The second-order valence-corrected chi connectivity index (χ2v) is 7.15. The van der Waals surface area contributed by atoms with E-state index in [0.29, 0.717) is 24.0 Å². The van der Waals surface area contributed by atoms with E-state index in [1.807, 2.05) is 0 Å². The van der Waals surface area contributed by atoms with Crippen LogP contribution in [0.4, 0.5) is 0 Å². The fraction of sp³-hybridized carbons (Fsp3) is 0.286. The van der Waals surface area contributed by atoms with Gasteiger partial charge < -0.3 is 9.88 Å². The van der Waals surface area contributed by atoms with Crippen LogP contribution in [0.2, 0.25) is 0 Å². The number of carbonyl (C=O) groups excluding carboxylic acids is 1. The van der Waals surface area contributed by atoms with E-state index < -0.39 is 11.2 Å². The lowest BCUT2D eigenvalue weighted by Gasteiger charge is -2.30. The minimum absolute atomic E-state index is 0.219. The Morgan fingerprint density at radius 2 is 1.93 bits per heavy atom. The number of rotatable bonds is 2. The predicted octanol–water partition coefficient (Wildman–Crippen LogP) is 1.89. The van der Waals surface area contributed by atoms with Gasteiger partial charge in [0.1, 0.15) is 6.54 Å². The number of nitrogens with one attached hydrogen (secondary N) is 1. The Labute approximate surface area is 156 Å². The number of nitrogens with zero attached hydrogens (tertiary/aromatic N) is 2. The van der Waals surface area contributed by atoms with Crippen molar-refractivity contribution >= 4 is 16.8 Å². The molecule has 2 aromatic carbocycles. The minimum Gasteiger partial charge on any atom is -0.336 e. The van der Waals surface area contributed by atoms with E-state index in [2.05, 4.69) is 31.0 Å². The molecule has 6 nitrogen and oxygen atoms in total. The largest absolute Gasteiger partial charge is 0.336 e. The Morgan fingerprint density at radius 3 is 2.74 bits per heavy atom. The van der Waals surface area contributed by atoms with Crippen LogP contribution in [0, 0.1) is 13.8 Å². The number of amides is 1. The molecule has 0 unspecified atom stereocenters. The third kappa shape index (κ3) is 3.07. The molecular weight excluding hydrogens is 342 g/mol. The summed E-state index contributed by atoms with van der Waals surface area (Å²) in [5, 5.41) is 0.403. The maximum atomic E-state index is 12.8. The monoisotopic (exact) mass is 363 g/mol. The summed E-state index contributed by atoms with van der Waals surface area (Å²) in [4.78, 5) is 42.1. The number of para-hydroxylation sites is 1. The normalized spacial score (nSPS) is 13.6. The zero-order valence-corrected chi connectivity index (χ0v) is 15.4. The van der Waals surface area contributed by atoms with Gasteiger partial charge in [-0.3, -0.25) is 14.2 Å². The molecule has 138 valence electrons. The molecule has 27 heavy (non-hydrogen) atoms. The van der Waals surface area contributed by atoms with Crippen LogP contribution >= 0.6 is 0 Å². The Hall–Kier alpha value is -3.15. The van der Waals surface area contributed by atoms with E-state index in [9.17, 15) is 14.4 Å². The van der Waals surface area contributed by atoms with Crippen molar-refractivity contribution in [1.29, 1.82) is 0 Å². The maximum Gasteiger partial charge on any atom is 0.329 e. The third-order valence-corrected chi connectivity index (χ3v) is 5.25. The van der Waals surface area contributed by atoms with E-state index in [1.54, 1.807) is 29.2 Å². The van der Waals surface area contributed by atoms with E-state index in [1.165, 1.54) is 22.3 Å². The number of hydrogen-bond donors (Lipinski definition) is 1. The Balaban J connectivity index is 1.63. The fourth-order valence-electron chi connectivity index (χ4n) is 3.85. The number of hydrogen-bond acceptors (Lipinski definition) is 3. The van der Waals surface area contributed by atoms with E-state index in [0.717, 1.165) is 11.0 Å². The summed E-state index contributed by atoms with van der Waals surface area (Å²) in [5.74, 6) is -0.219. The summed E-state index contributed by atoms with van der Waals surface area (Å²) < 4.78 is 0.988. The van der Waals surface area contributed by atoms with Crippen molar-refractivity contribution in [2.45, 2.75) is 33.4 Å². The number of aromatic amines is 1. The average molecular weight is 363 g/mol. The molecule has 0 saturated heterocycles. The van der Waals surface area contributed by atoms with Gasteiger partial charge in [-0.2, -0.15) is 0 Å². The zero-order chi connectivity index (χ0) is 19.1. The highest BCUT2D eigenvalue weighted by Crippen LogP contribution is 2.24. The van der Waals surface area contributed by atoms with Gasteiger partial charge in [-0.05, 0) is 49.1 Å². The van der Waals surface area contributed by atoms with Crippen molar-refractivity contribution in [3.8, 4) is 0 Å². The predicted molar refractivity (Wildman–Crippen MR) is 104 cm³/mol. The molecule has 4 rings (SSSR count). The number of aromatic nitrogens is 2. The van der Waals surface area contributed by atoms with Crippen LogP contribution in [0.25, 0.3) is 10.9 Å². The van der Waals surface area contributed by atoms with Crippen molar-refractivity contribution in [2.75, 3.05) is 6.54 Å². The van der Waals surface area contributed by atoms with Gasteiger partial charge in [0.05, 0.1) is 10.9 Å². The fourth-order valence-corrected chi connectivity index (χ4v) is 3.85. The number of H-pyrrole nitrogens is 1. The smallest absolute Gasteiger partial charge is 0.329 e. The molecule has 0 radical (unpaired) electrons. The van der Waals surface area contributed by atoms with Gasteiger partial charge in [-0.1, -0.05) is 29.8 Å². The van der Waals surface area contributed by atoms with Gasteiger partial charge in [0, 0.05) is 13.1 Å². The topological polar surface area (TPSA) is 75.2 Å². The number of carbonyl (C=O) groups is 1. The number of fused-ring (bicyclic) bond motifs is 2. The van der Waals surface area contributed by atoms with E-state index in [-0.39, 0.29) is 12.5 Å². The van der Waals surface area contributed by atoms with Crippen LogP contribution in [-0.2, 0) is 24.3 Å². The highest BCUT2D eigenvalue weighted by Gasteiger charge is 2.23. The molecule has 3 aromatic rings. The molecule has 2 heterocycles. The molecular formula is C21H21N3O3. The number of aryl methyl sites for hydroxylation is 2. The van der Waals surface area contributed by atoms with Crippen LogP contribution in [0.5, 0.6) is 0 Å². The van der Waals surface area contributed by atoms with Crippen molar-refractivity contribution in [2.24, 2.45) is 0 Å². The summed E-state index contributed by atoms with van der Waals surface area (Å²) in [6.45, 7) is 4.98. The van der Waals surface area contributed by atoms with Gasteiger partial charge in [-0.15, -0.1) is 0 Å². The highest BCUT2D eigenvalue weighted by molar-refractivity contribution is 5.79. The summed E-state index contributed by atoms with van der Waals surface area (Å²) >= 11 is 0. The Kier molecular flexibility index (Phi) is 4.18. The summed E-state index contributed by atoms with van der Waals surface area (Å²) in [5.41, 5.74) is 4.32. The molecule has 1 N–H and O–H groups in total. The first kappa shape index (κ1) is 17.3. The van der Waals surface area contributed by atoms with Gasteiger partial charge in [0.15, 0.2) is 0 Å². The van der Waals surface area contributed by atoms with Crippen LogP contribution in [0.1, 0.15) is 22.3 Å². The lowest BCUT2D eigenvalue weighted by molar-refractivity contribution is -0.132. The molecule has 0 bridgehead atoms. The zero-order valence-electron chi connectivity index (χ0n) is 15.4. The molecule has 0 saturated carbocycles. The van der Waals surface area contributed by atoms with Gasteiger partial charge in [0.2, 0.25) is 5.91 Å². The van der Waals surface area contributed by atoms with Crippen molar-refractivity contribution in [3.05, 3.63) is 79.5 Å². The molecule has 1 aromatic heterocycles. The average Bonchev–Trinajstić information content (AvgIpc) is 2.64. The first-order valence-electron chi connectivity index (χ1n) is 9.02. The summed E-state index contributed by atoms with van der Waals surface area (Å²) in [7, 11) is 0. The quantitative estimate of drug-likeness (QED) is 0.756. The lowest BCUT2D eigenvalue weighted by Crippen LogP contribution is -2.44. The van der Waals surface area contributed by atoms with Gasteiger partial charge in [0.25, 0.3) is 5.56 Å². The first-order valence-corrected chi connectivity index (χ1v) is 9.02. The van der Waals surface area contributed by atoms with Crippen LogP contribution < -0.4 is 11.2 Å². The second-order valence-electron chi connectivity index (χ2n) is 7.15. The summed E-state index contributed by atoms with van der Waals surface area (Å²) in [6, 6.07) is 11.1. The van der Waals surface area contributed by atoms with Crippen LogP contribution in [0.15, 0.2) is 46.0 Å². The van der Waals surface area contributed by atoms with Gasteiger partial charge in [-0.25, -0.2) is 4.79 Å². The van der Waals surface area contributed by atoms with Gasteiger partial charge >= 0.3 is 5.69 Å². The second kappa shape index (κ2) is 6.54. The van der Waals surface area contributed by atoms with Crippen LogP contribution in [-0.4, -0.2) is 26.9 Å². The standard InChI is InChI=1S/C21H21N3O3/c1-13-9-14(2)17-11-23(8-7-15(17)10-13)19(25)12-24-20(26)16-5-3-4-6-18(16)22-21(24)27/h3-6,9-10H,7-8,11-12H2,1-2H3,(H,22,27). The molecule has 1 amide bonds. The minimum atomic E-state index is -0.559. The summed E-state index contributed by atoms with van der Waals surface area (Å²) in [6.07, 6.45) is 0.784. The van der Waals surface area contributed by atoms with Crippen molar-refractivity contribution in [1.82, 2.24) is 14.5 Å². The first-order chi connectivity index (χ1) is 12.9. The van der Waals surface area contributed by atoms with Crippen molar-refractivity contribution in [3.63, 3.8) is 0 Å². The molecule has 0 fully saturated rings. The molecule has 1 aliphatic rings. The van der Waals surface area contributed by atoms with E-state index >= 15 is 0 Å². The SMILES string of the molecule is Cc1cc(C)c2c(c1)CCN(C(=O)Cn1c(=O)[nH]c3ccccc3c1=O)C2. The molecule has 0 aliphatic carbocycles. The van der Waals surface area contributed by atoms with E-state index in [4.69, 9.17) is 0 Å². The number of benzene rings is 2. The molecule has 1 aliphatic heterocycles. The molecule has 6 heteroatoms. The van der Waals surface area contributed by atoms with Crippen molar-refractivity contribution < 1.29 is 4.79 Å². The Morgan fingerprint density at radius 1 is 1.15 bits per heavy atom. The highest BCUT2D eigenvalue weighted by atomic mass is 16.2. The maximum absolute atomic E-state index is 12.8. The molecule has 0 atom stereocenters.